The highest BCUT2D eigenvalue weighted by Crippen LogP contribution is 2.20. The van der Waals surface area contributed by atoms with Crippen molar-refractivity contribution in [2.45, 2.75) is 9.96 Å². The van der Waals surface area contributed by atoms with Crippen LogP contribution in [0.5, 0.6) is 0 Å². The number of sulfone groups is 1. The summed E-state index contributed by atoms with van der Waals surface area (Å²) in [4.78, 5) is 0. The fourth-order valence-corrected chi connectivity index (χ4v) is 3.74. The van der Waals surface area contributed by atoms with Crippen molar-refractivity contribution in [1.29, 1.82) is 0 Å². The zero-order valence-corrected chi connectivity index (χ0v) is 9.59. The van der Waals surface area contributed by atoms with Crippen LogP contribution in [0, 0.1) is 0 Å². The first kappa shape index (κ1) is 10.4. The Kier molecular flexibility index (Phi) is 2.88. The normalized spacial score (nSPS) is 11.5. The molecule has 0 aliphatic heterocycles. The van der Waals surface area contributed by atoms with Gasteiger partial charge in [-0.15, -0.1) is 11.3 Å². The Morgan fingerprint density at radius 3 is 2.33 bits per heavy atom. The molecular formula is C11H10O2S2. The predicted molar refractivity (Wildman–Crippen MR) is 61.7 cm³/mol. The number of hydrogen-bond donors (Lipinski definition) is 0. The van der Waals surface area contributed by atoms with Crippen LogP contribution in [-0.2, 0) is 15.6 Å². The van der Waals surface area contributed by atoms with Crippen LogP contribution in [0.1, 0.15) is 5.56 Å². The lowest BCUT2D eigenvalue weighted by Gasteiger charge is -2.01. The van der Waals surface area contributed by atoms with Crippen LogP contribution in [0.25, 0.3) is 0 Å². The topological polar surface area (TPSA) is 34.1 Å². The molecule has 0 aliphatic carbocycles. The first-order chi connectivity index (χ1) is 7.18. The number of thiophene rings is 1. The maximum Gasteiger partial charge on any atom is 0.191 e. The molecule has 0 atom stereocenters. The van der Waals surface area contributed by atoms with Crippen molar-refractivity contribution in [3.8, 4) is 0 Å². The number of rotatable bonds is 3. The summed E-state index contributed by atoms with van der Waals surface area (Å²) >= 11 is 1.26. The Labute approximate surface area is 93.1 Å². The molecule has 0 spiro atoms. The summed E-state index contributed by atoms with van der Waals surface area (Å²) < 4.78 is 24.2. The van der Waals surface area contributed by atoms with Crippen LogP contribution in [0.3, 0.4) is 0 Å². The van der Waals surface area contributed by atoms with Crippen LogP contribution in [0.15, 0.2) is 52.1 Å². The second-order valence-corrected chi connectivity index (χ2v) is 6.34. The third-order valence-electron chi connectivity index (χ3n) is 2.00. The Morgan fingerprint density at radius 2 is 1.73 bits per heavy atom. The zero-order valence-electron chi connectivity index (χ0n) is 7.96. The Balaban J connectivity index is 2.27. The monoisotopic (exact) mass is 238 g/mol. The van der Waals surface area contributed by atoms with Gasteiger partial charge in [0.15, 0.2) is 9.84 Å². The predicted octanol–water partition coefficient (Wildman–Crippen LogP) is 2.72. The average Bonchev–Trinajstić information content (AvgIpc) is 2.71. The fraction of sp³-hybridized carbons (Fsp3) is 0.0909. The molecule has 0 aliphatic rings. The van der Waals surface area contributed by atoms with E-state index in [1.54, 1.807) is 17.5 Å². The number of hydrogen-bond acceptors (Lipinski definition) is 3. The molecule has 2 nitrogen and oxygen atoms in total. The SMILES string of the molecule is O=S(=O)(Cc1ccccc1)c1cccs1. The molecule has 0 radical (unpaired) electrons. The van der Waals surface area contributed by atoms with Gasteiger partial charge in [-0.25, -0.2) is 8.42 Å². The minimum Gasteiger partial charge on any atom is -0.223 e. The van der Waals surface area contributed by atoms with E-state index in [-0.39, 0.29) is 5.75 Å². The maximum absolute atomic E-state index is 11.9. The maximum atomic E-state index is 11.9. The lowest BCUT2D eigenvalue weighted by atomic mass is 10.2. The third-order valence-corrected chi connectivity index (χ3v) is 5.18. The second-order valence-electron chi connectivity index (χ2n) is 3.18. The van der Waals surface area contributed by atoms with Gasteiger partial charge in [0.1, 0.15) is 4.21 Å². The van der Waals surface area contributed by atoms with Gasteiger partial charge in [-0.2, -0.15) is 0 Å². The van der Waals surface area contributed by atoms with Crippen molar-refractivity contribution < 1.29 is 8.42 Å². The highest BCUT2D eigenvalue weighted by Gasteiger charge is 2.15. The standard InChI is InChI=1S/C11H10O2S2/c12-15(13,11-7-4-8-14-11)9-10-5-2-1-3-6-10/h1-8H,9H2. The molecule has 4 heteroatoms. The first-order valence-electron chi connectivity index (χ1n) is 4.49. The van der Waals surface area contributed by atoms with Crippen LogP contribution in [0.2, 0.25) is 0 Å². The molecule has 0 bridgehead atoms. The highest BCUT2D eigenvalue weighted by atomic mass is 32.2. The summed E-state index contributed by atoms with van der Waals surface area (Å²) in [5.74, 6) is 0.0777. The summed E-state index contributed by atoms with van der Waals surface area (Å²) in [7, 11) is -3.15. The quantitative estimate of drug-likeness (QED) is 0.824. The van der Waals surface area contributed by atoms with Gasteiger partial charge in [0.2, 0.25) is 0 Å². The van der Waals surface area contributed by atoms with Gasteiger partial charge in [-0.05, 0) is 17.0 Å². The second kappa shape index (κ2) is 4.16. The summed E-state index contributed by atoms with van der Waals surface area (Å²) in [6.07, 6.45) is 0. The van der Waals surface area contributed by atoms with Crippen LogP contribution in [0.4, 0.5) is 0 Å². The summed E-state index contributed by atoms with van der Waals surface area (Å²) in [5, 5.41) is 1.78. The van der Waals surface area contributed by atoms with Gasteiger partial charge >= 0.3 is 0 Å². The molecule has 0 saturated carbocycles. The van der Waals surface area contributed by atoms with Gasteiger partial charge in [-0.1, -0.05) is 36.4 Å². The lowest BCUT2D eigenvalue weighted by Crippen LogP contribution is -2.02. The summed E-state index contributed by atoms with van der Waals surface area (Å²) in [5.41, 5.74) is 0.825. The molecule has 1 aromatic carbocycles. The molecule has 0 unspecified atom stereocenters. The van der Waals surface area contributed by atoms with E-state index in [9.17, 15) is 8.42 Å². The van der Waals surface area contributed by atoms with Crippen molar-refractivity contribution in [2.75, 3.05) is 0 Å². The van der Waals surface area contributed by atoms with E-state index in [4.69, 9.17) is 0 Å². The average molecular weight is 238 g/mol. The molecule has 2 rings (SSSR count). The van der Waals surface area contributed by atoms with E-state index < -0.39 is 9.84 Å². The Morgan fingerprint density at radius 1 is 1.00 bits per heavy atom. The van der Waals surface area contributed by atoms with E-state index in [1.165, 1.54) is 11.3 Å². The Hall–Kier alpha value is -1.13. The highest BCUT2D eigenvalue weighted by molar-refractivity contribution is 7.92. The van der Waals surface area contributed by atoms with Crippen molar-refractivity contribution in [3.05, 3.63) is 53.4 Å². The zero-order chi connectivity index (χ0) is 10.7. The minimum absolute atomic E-state index is 0.0777. The molecule has 0 fully saturated rings. The van der Waals surface area contributed by atoms with E-state index in [1.807, 2.05) is 30.3 Å². The van der Waals surface area contributed by atoms with Gasteiger partial charge in [0.05, 0.1) is 5.75 Å². The van der Waals surface area contributed by atoms with Crippen LogP contribution in [-0.4, -0.2) is 8.42 Å². The molecule has 1 heterocycles. The van der Waals surface area contributed by atoms with Crippen molar-refractivity contribution in [2.24, 2.45) is 0 Å². The largest absolute Gasteiger partial charge is 0.223 e. The van der Waals surface area contributed by atoms with E-state index in [0.717, 1.165) is 5.56 Å². The fourth-order valence-electron chi connectivity index (χ4n) is 1.31. The van der Waals surface area contributed by atoms with Gasteiger partial charge in [0, 0.05) is 0 Å². The molecule has 15 heavy (non-hydrogen) atoms. The molecule has 1 aromatic heterocycles. The van der Waals surface area contributed by atoms with E-state index in [2.05, 4.69) is 0 Å². The molecule has 2 aromatic rings. The molecule has 78 valence electrons. The molecule has 0 amide bonds. The van der Waals surface area contributed by atoms with E-state index >= 15 is 0 Å². The van der Waals surface area contributed by atoms with Crippen molar-refractivity contribution in [1.82, 2.24) is 0 Å². The van der Waals surface area contributed by atoms with Crippen LogP contribution >= 0.6 is 11.3 Å². The Bertz CT molecular complexity index is 513. The van der Waals surface area contributed by atoms with Crippen molar-refractivity contribution in [3.63, 3.8) is 0 Å². The smallest absolute Gasteiger partial charge is 0.191 e. The third kappa shape index (κ3) is 2.46. The summed E-state index contributed by atoms with van der Waals surface area (Å²) in [6.45, 7) is 0. The summed E-state index contributed by atoms with van der Waals surface area (Å²) in [6, 6.07) is 12.6. The van der Waals surface area contributed by atoms with Crippen molar-refractivity contribution >= 4 is 21.2 Å². The van der Waals surface area contributed by atoms with Gasteiger partial charge < -0.3 is 0 Å². The van der Waals surface area contributed by atoms with Crippen LogP contribution < -0.4 is 0 Å². The van der Waals surface area contributed by atoms with E-state index in [0.29, 0.717) is 4.21 Å². The lowest BCUT2D eigenvalue weighted by molar-refractivity contribution is 0.597. The van der Waals surface area contributed by atoms with Gasteiger partial charge in [-0.3, -0.25) is 0 Å². The van der Waals surface area contributed by atoms with Gasteiger partial charge in [0.25, 0.3) is 0 Å². The first-order valence-corrected chi connectivity index (χ1v) is 7.02. The molecule has 0 saturated heterocycles. The molecular weight excluding hydrogens is 228 g/mol. The molecule has 0 N–H and O–H groups in total. The minimum atomic E-state index is -3.15. The number of benzene rings is 1.